The molecular weight excluding hydrogens is 484 g/mol. The molecule has 0 spiro atoms. The Kier molecular flexibility index (Phi) is 7.17. The van der Waals surface area contributed by atoms with Crippen molar-refractivity contribution in [2.75, 3.05) is 26.4 Å². The highest BCUT2D eigenvalue weighted by Crippen LogP contribution is 2.32. The van der Waals surface area contributed by atoms with E-state index in [0.717, 1.165) is 18.5 Å². The average molecular weight is 511 g/mol. The van der Waals surface area contributed by atoms with Gasteiger partial charge in [0.25, 0.3) is 11.8 Å². The number of carbonyl (C=O) groups excluding carboxylic acids is 3. The molecule has 1 saturated heterocycles. The van der Waals surface area contributed by atoms with Crippen molar-refractivity contribution in [3.05, 3.63) is 63.7 Å². The summed E-state index contributed by atoms with van der Waals surface area (Å²) in [5, 5.41) is 8.56. The smallest absolute Gasteiger partial charge is 0.273 e. The van der Waals surface area contributed by atoms with Crippen molar-refractivity contribution in [2.24, 2.45) is 0 Å². The second-order valence-electron chi connectivity index (χ2n) is 8.59. The van der Waals surface area contributed by atoms with Crippen LogP contribution in [0.3, 0.4) is 0 Å². The lowest BCUT2D eigenvalue weighted by Gasteiger charge is -2.22. The fourth-order valence-corrected chi connectivity index (χ4v) is 4.90. The van der Waals surface area contributed by atoms with Crippen LogP contribution in [0.1, 0.15) is 50.7 Å². The molecule has 1 N–H and O–H groups in total. The Hall–Kier alpha value is -3.86. The number of fused-ring (bicyclic) bond motifs is 1. The van der Waals surface area contributed by atoms with Crippen molar-refractivity contribution >= 4 is 29.1 Å². The third-order valence-corrected chi connectivity index (χ3v) is 6.93. The molecule has 1 aromatic carbocycles. The first kappa shape index (κ1) is 23.9. The molecule has 1 fully saturated rings. The zero-order chi connectivity index (χ0) is 24.9. The van der Waals surface area contributed by atoms with Gasteiger partial charge in [-0.05, 0) is 42.0 Å². The van der Waals surface area contributed by atoms with Crippen molar-refractivity contribution in [2.45, 2.75) is 32.4 Å². The number of amides is 3. The number of benzene rings is 1. The van der Waals surface area contributed by atoms with E-state index in [2.05, 4.69) is 10.5 Å². The van der Waals surface area contributed by atoms with E-state index in [1.807, 2.05) is 28.5 Å². The molecular formula is C25H26N4O6S. The molecule has 11 heteroatoms. The van der Waals surface area contributed by atoms with Crippen LogP contribution in [0.4, 0.5) is 0 Å². The number of aromatic nitrogens is 1. The minimum Gasteiger partial charge on any atom is -0.454 e. The number of hydrogen-bond acceptors (Lipinski definition) is 8. The van der Waals surface area contributed by atoms with Gasteiger partial charge in [-0.3, -0.25) is 14.4 Å². The third kappa shape index (κ3) is 5.51. The molecule has 2 aliphatic rings. The Morgan fingerprint density at radius 3 is 2.86 bits per heavy atom. The van der Waals surface area contributed by atoms with Gasteiger partial charge in [0, 0.05) is 38.7 Å². The van der Waals surface area contributed by atoms with Crippen LogP contribution >= 0.6 is 11.3 Å². The minimum absolute atomic E-state index is 0.122. The summed E-state index contributed by atoms with van der Waals surface area (Å²) in [7, 11) is 0. The lowest BCUT2D eigenvalue weighted by Crippen LogP contribution is -2.34. The first-order valence-corrected chi connectivity index (χ1v) is 12.7. The maximum absolute atomic E-state index is 13.1. The molecule has 0 aliphatic carbocycles. The van der Waals surface area contributed by atoms with Crippen LogP contribution in [0, 0.1) is 0 Å². The maximum Gasteiger partial charge on any atom is 0.273 e. The van der Waals surface area contributed by atoms with Crippen LogP contribution in [0.25, 0.3) is 0 Å². The van der Waals surface area contributed by atoms with E-state index in [0.29, 0.717) is 48.1 Å². The number of nitrogens with zero attached hydrogens (tertiary/aromatic N) is 3. The van der Waals surface area contributed by atoms with E-state index in [4.69, 9.17) is 14.0 Å². The highest BCUT2D eigenvalue weighted by molar-refractivity contribution is 7.12. The highest BCUT2D eigenvalue weighted by atomic mass is 32.1. The first-order valence-electron chi connectivity index (χ1n) is 11.8. The van der Waals surface area contributed by atoms with Crippen molar-refractivity contribution in [1.29, 1.82) is 0 Å². The summed E-state index contributed by atoms with van der Waals surface area (Å²) in [4.78, 5) is 41.7. The number of ether oxygens (including phenoxy) is 2. The van der Waals surface area contributed by atoms with E-state index in [9.17, 15) is 14.4 Å². The third-order valence-electron chi connectivity index (χ3n) is 6.07. The SMILES string of the molecule is O=C(NCc1ccc2c(c1)OCO2)c1cc(CN(CCCN2CCCC2=O)C(=O)c2cccs2)on1. The Morgan fingerprint density at radius 2 is 2.06 bits per heavy atom. The Balaban J connectivity index is 1.19. The van der Waals surface area contributed by atoms with Crippen LogP contribution in [0.2, 0.25) is 0 Å². The normalized spacial score (nSPS) is 14.3. The molecule has 3 amide bonds. The fraction of sp³-hybridized carbons (Fsp3) is 0.360. The van der Waals surface area contributed by atoms with E-state index in [-0.39, 0.29) is 43.3 Å². The number of hydrogen-bond donors (Lipinski definition) is 1. The molecule has 0 bridgehead atoms. The van der Waals surface area contributed by atoms with E-state index >= 15 is 0 Å². The van der Waals surface area contributed by atoms with Gasteiger partial charge in [-0.15, -0.1) is 11.3 Å². The van der Waals surface area contributed by atoms with Crippen LogP contribution < -0.4 is 14.8 Å². The molecule has 0 atom stereocenters. The van der Waals surface area contributed by atoms with Gasteiger partial charge < -0.3 is 29.1 Å². The van der Waals surface area contributed by atoms with Gasteiger partial charge in [0.15, 0.2) is 23.0 Å². The number of carbonyl (C=O) groups is 3. The van der Waals surface area contributed by atoms with Crippen LogP contribution in [0.5, 0.6) is 11.5 Å². The Labute approximate surface area is 211 Å². The summed E-state index contributed by atoms with van der Waals surface area (Å²) >= 11 is 1.37. The lowest BCUT2D eigenvalue weighted by molar-refractivity contribution is -0.127. The van der Waals surface area contributed by atoms with Crippen LogP contribution in [-0.4, -0.2) is 59.1 Å². The summed E-state index contributed by atoms with van der Waals surface area (Å²) in [6.45, 7) is 2.48. The molecule has 0 unspecified atom stereocenters. The summed E-state index contributed by atoms with van der Waals surface area (Å²) in [6, 6.07) is 10.6. The molecule has 188 valence electrons. The first-order chi connectivity index (χ1) is 17.6. The summed E-state index contributed by atoms with van der Waals surface area (Å²) in [5.41, 5.74) is 0.998. The highest BCUT2D eigenvalue weighted by Gasteiger charge is 2.23. The summed E-state index contributed by atoms with van der Waals surface area (Å²) in [6.07, 6.45) is 2.13. The molecule has 4 heterocycles. The van der Waals surface area contributed by atoms with Gasteiger partial charge in [-0.2, -0.15) is 0 Å². The molecule has 36 heavy (non-hydrogen) atoms. The molecule has 3 aromatic rings. The average Bonchev–Trinajstić information content (AvgIpc) is 3.69. The molecule has 2 aliphatic heterocycles. The molecule has 10 nitrogen and oxygen atoms in total. The molecule has 5 rings (SSSR count). The van der Waals surface area contributed by atoms with Crippen molar-refractivity contribution < 1.29 is 28.4 Å². The van der Waals surface area contributed by atoms with E-state index in [1.165, 1.54) is 11.3 Å². The van der Waals surface area contributed by atoms with Crippen LogP contribution in [0.15, 0.2) is 46.3 Å². The van der Waals surface area contributed by atoms with Gasteiger partial charge in [0.2, 0.25) is 12.7 Å². The molecule has 0 saturated carbocycles. The molecule has 2 aromatic heterocycles. The second kappa shape index (κ2) is 10.8. The van der Waals surface area contributed by atoms with Gasteiger partial charge in [-0.25, -0.2) is 0 Å². The zero-order valence-corrected chi connectivity index (χ0v) is 20.4. The lowest BCUT2D eigenvalue weighted by atomic mass is 10.2. The topological polar surface area (TPSA) is 114 Å². The van der Waals surface area contributed by atoms with E-state index in [1.54, 1.807) is 23.1 Å². The Bertz CT molecular complexity index is 1240. The molecule has 0 radical (unpaired) electrons. The van der Waals surface area contributed by atoms with Crippen molar-refractivity contribution in [1.82, 2.24) is 20.3 Å². The monoisotopic (exact) mass is 510 g/mol. The zero-order valence-electron chi connectivity index (χ0n) is 19.6. The van der Waals surface area contributed by atoms with Gasteiger partial charge in [0.1, 0.15) is 0 Å². The van der Waals surface area contributed by atoms with Gasteiger partial charge in [0.05, 0.1) is 11.4 Å². The maximum atomic E-state index is 13.1. The van der Waals surface area contributed by atoms with Crippen molar-refractivity contribution in [3.63, 3.8) is 0 Å². The van der Waals surface area contributed by atoms with Gasteiger partial charge >= 0.3 is 0 Å². The number of likely N-dealkylation sites (tertiary alicyclic amines) is 1. The largest absolute Gasteiger partial charge is 0.454 e. The predicted octanol–water partition coefficient (Wildman–Crippen LogP) is 3.05. The summed E-state index contributed by atoms with van der Waals surface area (Å²) in [5.74, 6) is 1.40. The van der Waals surface area contributed by atoms with Gasteiger partial charge in [-0.1, -0.05) is 17.3 Å². The predicted molar refractivity (Wildman–Crippen MR) is 130 cm³/mol. The quantitative estimate of drug-likeness (QED) is 0.446. The van der Waals surface area contributed by atoms with Crippen LogP contribution in [-0.2, 0) is 17.9 Å². The minimum atomic E-state index is -0.383. The second-order valence-corrected chi connectivity index (χ2v) is 9.54. The standard InChI is InChI=1S/C25H26N4O6S/c30-23-5-1-8-28(23)9-3-10-29(25(32)22-4-2-11-36-22)15-18-13-19(27-35-18)24(31)26-14-17-6-7-20-21(12-17)34-16-33-20/h2,4,6-7,11-13H,1,3,5,8-10,14-16H2,(H,26,31). The Morgan fingerprint density at radius 1 is 1.17 bits per heavy atom. The number of nitrogens with one attached hydrogen (secondary N) is 1. The fourth-order valence-electron chi connectivity index (χ4n) is 4.21. The number of thiophene rings is 1. The van der Waals surface area contributed by atoms with Crippen molar-refractivity contribution in [3.8, 4) is 11.5 Å². The van der Waals surface area contributed by atoms with E-state index < -0.39 is 0 Å². The number of rotatable bonds is 10. The summed E-state index contributed by atoms with van der Waals surface area (Å²) < 4.78 is 16.1.